The Morgan fingerprint density at radius 2 is 1.81 bits per heavy atom. The average Bonchev–Trinajstić information content (AvgIpc) is 3.02. The Hall–Kier alpha value is -2.50. The topological polar surface area (TPSA) is 72.8 Å². The number of aryl methyl sites for hydroxylation is 1. The molecule has 2 aromatic heterocycles. The second kappa shape index (κ2) is 8.93. The van der Waals surface area contributed by atoms with Crippen molar-refractivity contribution in [3.8, 4) is 0 Å². The van der Waals surface area contributed by atoms with Crippen molar-refractivity contribution in [2.24, 2.45) is 10.8 Å². The zero-order valence-corrected chi connectivity index (χ0v) is 18.2. The quantitative estimate of drug-likeness (QED) is 0.486. The number of rotatable bonds is 9. The van der Waals surface area contributed by atoms with Crippen LogP contribution in [0.2, 0.25) is 0 Å². The molecule has 0 N–H and O–H groups in total. The van der Waals surface area contributed by atoms with E-state index in [0.717, 1.165) is 50.6 Å². The zero-order valence-electron chi connectivity index (χ0n) is 18.2. The standard InChI is InChI=1S/C25H30FN3O2/c1-18-15-27-16-20(29-18)21(30)6-2-8-24-9-4-10-25(17-24,13-12-24)11-7-22(31)23-19(26)5-3-14-28-23/h3,5,14-16H,2,4,6-13,17H2,1H3. The molecule has 6 heteroatoms. The van der Waals surface area contributed by atoms with Crippen molar-refractivity contribution in [3.05, 3.63) is 53.6 Å². The lowest BCUT2D eigenvalue weighted by Gasteiger charge is -2.40. The second-order valence-electron chi connectivity index (χ2n) is 9.61. The molecule has 0 saturated heterocycles. The molecule has 0 spiro atoms. The van der Waals surface area contributed by atoms with Gasteiger partial charge in [0.1, 0.15) is 11.4 Å². The van der Waals surface area contributed by atoms with E-state index in [9.17, 15) is 14.0 Å². The molecule has 2 aliphatic carbocycles. The first kappa shape index (κ1) is 21.7. The van der Waals surface area contributed by atoms with Crippen LogP contribution in [-0.4, -0.2) is 26.5 Å². The Labute approximate surface area is 182 Å². The molecule has 2 heterocycles. The molecule has 2 saturated carbocycles. The third-order valence-electron chi connectivity index (χ3n) is 7.41. The number of nitrogens with zero attached hydrogens (tertiary/aromatic N) is 3. The lowest BCUT2D eigenvalue weighted by Crippen LogP contribution is -2.28. The predicted molar refractivity (Wildman–Crippen MR) is 115 cm³/mol. The van der Waals surface area contributed by atoms with Crippen LogP contribution in [0.15, 0.2) is 30.7 Å². The molecule has 4 rings (SSSR count). The molecule has 0 radical (unpaired) electrons. The van der Waals surface area contributed by atoms with Crippen LogP contribution in [0.5, 0.6) is 0 Å². The summed E-state index contributed by atoms with van der Waals surface area (Å²) < 4.78 is 13.9. The Balaban J connectivity index is 1.31. The maximum atomic E-state index is 13.9. The van der Waals surface area contributed by atoms with Gasteiger partial charge in [-0.25, -0.2) is 9.37 Å². The third kappa shape index (κ3) is 4.89. The van der Waals surface area contributed by atoms with E-state index < -0.39 is 5.82 Å². The number of hydrogen-bond acceptors (Lipinski definition) is 5. The molecular weight excluding hydrogens is 393 g/mol. The molecule has 2 unspecified atom stereocenters. The van der Waals surface area contributed by atoms with Gasteiger partial charge in [-0.05, 0) is 81.3 Å². The molecule has 2 atom stereocenters. The Bertz CT molecular complexity index is 979. The molecule has 2 bridgehead atoms. The number of pyridine rings is 1. The van der Waals surface area contributed by atoms with Crippen LogP contribution in [0.4, 0.5) is 4.39 Å². The van der Waals surface area contributed by atoms with Gasteiger partial charge < -0.3 is 0 Å². The number of carbonyl (C=O) groups is 2. The summed E-state index contributed by atoms with van der Waals surface area (Å²) in [5.41, 5.74) is 1.66. The number of fused-ring (bicyclic) bond motifs is 2. The second-order valence-corrected chi connectivity index (χ2v) is 9.61. The van der Waals surface area contributed by atoms with Gasteiger partial charge in [-0.1, -0.05) is 6.42 Å². The van der Waals surface area contributed by atoms with Crippen LogP contribution < -0.4 is 0 Å². The molecule has 0 aliphatic heterocycles. The van der Waals surface area contributed by atoms with Gasteiger partial charge in [-0.2, -0.15) is 0 Å². The van der Waals surface area contributed by atoms with Crippen LogP contribution in [0.3, 0.4) is 0 Å². The summed E-state index contributed by atoms with van der Waals surface area (Å²) in [5.74, 6) is -0.659. The molecular formula is C25H30FN3O2. The molecule has 0 amide bonds. The van der Waals surface area contributed by atoms with E-state index >= 15 is 0 Å². The summed E-state index contributed by atoms with van der Waals surface area (Å²) in [6.45, 7) is 1.84. The van der Waals surface area contributed by atoms with Crippen LogP contribution in [0.1, 0.15) is 97.3 Å². The lowest BCUT2D eigenvalue weighted by molar-refractivity contribution is 0.0871. The molecule has 2 aliphatic rings. The number of hydrogen-bond donors (Lipinski definition) is 0. The van der Waals surface area contributed by atoms with Crippen molar-refractivity contribution in [1.29, 1.82) is 0 Å². The summed E-state index contributed by atoms with van der Waals surface area (Å²) in [7, 11) is 0. The number of aromatic nitrogens is 3. The minimum atomic E-state index is -0.530. The minimum Gasteiger partial charge on any atom is -0.292 e. The monoisotopic (exact) mass is 423 g/mol. The van der Waals surface area contributed by atoms with E-state index in [1.54, 1.807) is 12.4 Å². The highest BCUT2D eigenvalue weighted by molar-refractivity contribution is 5.94. The maximum absolute atomic E-state index is 13.9. The van der Waals surface area contributed by atoms with Gasteiger partial charge in [0, 0.05) is 25.2 Å². The highest BCUT2D eigenvalue weighted by Crippen LogP contribution is 2.62. The highest BCUT2D eigenvalue weighted by atomic mass is 19.1. The van der Waals surface area contributed by atoms with Crippen molar-refractivity contribution < 1.29 is 14.0 Å². The Kier molecular flexibility index (Phi) is 6.26. The van der Waals surface area contributed by atoms with Gasteiger partial charge in [0.05, 0.1) is 11.9 Å². The van der Waals surface area contributed by atoms with E-state index in [2.05, 4.69) is 15.0 Å². The fourth-order valence-electron chi connectivity index (χ4n) is 5.88. The summed E-state index contributed by atoms with van der Waals surface area (Å²) >= 11 is 0. The van der Waals surface area contributed by atoms with Crippen LogP contribution in [-0.2, 0) is 0 Å². The van der Waals surface area contributed by atoms with Gasteiger partial charge in [-0.3, -0.25) is 19.6 Å². The van der Waals surface area contributed by atoms with E-state index in [4.69, 9.17) is 0 Å². The van der Waals surface area contributed by atoms with Crippen LogP contribution >= 0.6 is 0 Å². The Morgan fingerprint density at radius 3 is 2.55 bits per heavy atom. The average molecular weight is 424 g/mol. The van der Waals surface area contributed by atoms with E-state index in [0.29, 0.717) is 18.5 Å². The van der Waals surface area contributed by atoms with Crippen molar-refractivity contribution >= 4 is 11.6 Å². The van der Waals surface area contributed by atoms with Crippen molar-refractivity contribution in [3.63, 3.8) is 0 Å². The first-order valence-corrected chi connectivity index (χ1v) is 11.4. The third-order valence-corrected chi connectivity index (χ3v) is 7.41. The zero-order chi connectivity index (χ0) is 21.9. The molecule has 0 aromatic carbocycles. The molecule has 5 nitrogen and oxygen atoms in total. The molecule has 31 heavy (non-hydrogen) atoms. The first-order chi connectivity index (χ1) is 14.9. The van der Waals surface area contributed by atoms with Crippen LogP contribution in [0.25, 0.3) is 0 Å². The van der Waals surface area contributed by atoms with Crippen LogP contribution in [0, 0.1) is 23.6 Å². The van der Waals surface area contributed by atoms with E-state index in [1.165, 1.54) is 31.2 Å². The number of carbonyl (C=O) groups excluding carboxylic acids is 2. The minimum absolute atomic E-state index is 0.0308. The van der Waals surface area contributed by atoms with Gasteiger partial charge in [0.15, 0.2) is 17.4 Å². The van der Waals surface area contributed by atoms with Gasteiger partial charge in [-0.15, -0.1) is 0 Å². The summed E-state index contributed by atoms with van der Waals surface area (Å²) in [6.07, 6.45) is 15.2. The molecule has 2 aromatic rings. The van der Waals surface area contributed by atoms with Crippen molar-refractivity contribution in [1.82, 2.24) is 15.0 Å². The van der Waals surface area contributed by atoms with Gasteiger partial charge in [0.25, 0.3) is 0 Å². The first-order valence-electron chi connectivity index (χ1n) is 11.4. The largest absolute Gasteiger partial charge is 0.292 e. The predicted octanol–water partition coefficient (Wildman–Crippen LogP) is 5.68. The Morgan fingerprint density at radius 1 is 1.03 bits per heavy atom. The summed E-state index contributed by atoms with van der Waals surface area (Å²) in [5, 5.41) is 0. The fraction of sp³-hybridized carbons (Fsp3) is 0.560. The fourth-order valence-corrected chi connectivity index (χ4v) is 5.88. The number of Topliss-reactive ketones (excluding diaryl/α,β-unsaturated/α-hetero) is 2. The van der Waals surface area contributed by atoms with Crippen molar-refractivity contribution in [2.45, 2.75) is 77.6 Å². The SMILES string of the molecule is Cc1cncc(C(=O)CCCC23CCCC(CCC(=O)c4ncccc4F)(CC2)C3)n1. The highest BCUT2D eigenvalue weighted by Gasteiger charge is 2.50. The van der Waals surface area contributed by atoms with Crippen molar-refractivity contribution in [2.75, 3.05) is 0 Å². The maximum Gasteiger partial charge on any atom is 0.184 e. The smallest absolute Gasteiger partial charge is 0.184 e. The summed E-state index contributed by atoms with van der Waals surface area (Å²) in [6, 6.07) is 2.80. The lowest BCUT2D eigenvalue weighted by atomic mass is 9.65. The van der Waals surface area contributed by atoms with Gasteiger partial charge in [0.2, 0.25) is 0 Å². The van der Waals surface area contributed by atoms with E-state index in [1.807, 2.05) is 6.92 Å². The number of ketones is 2. The van der Waals surface area contributed by atoms with E-state index in [-0.39, 0.29) is 28.1 Å². The normalized spacial score (nSPS) is 24.8. The molecule has 2 fully saturated rings. The van der Waals surface area contributed by atoms with Gasteiger partial charge >= 0.3 is 0 Å². The summed E-state index contributed by atoms with van der Waals surface area (Å²) in [4.78, 5) is 37.3. The molecule has 164 valence electrons. The number of halogens is 1.